The Balaban J connectivity index is 1.72. The molecule has 0 saturated carbocycles. The van der Waals surface area contributed by atoms with Crippen LogP contribution in [-0.2, 0) is 0 Å². The second-order valence-corrected chi connectivity index (χ2v) is 5.52. The molecule has 0 aliphatic carbocycles. The lowest BCUT2D eigenvalue weighted by atomic mass is 10.1. The molecular weight excluding hydrogens is 313 g/mol. The number of hydrogen-bond donors (Lipinski definition) is 1. The summed E-state index contributed by atoms with van der Waals surface area (Å²) in [7, 11) is 1.63. The fourth-order valence-corrected chi connectivity index (χ4v) is 2.71. The fraction of sp³-hybridized carbons (Fsp3) is 0.0588. The number of ether oxygens (including phenoxy) is 1. The number of hydrazone groups is 1. The van der Waals surface area contributed by atoms with Gasteiger partial charge in [-0.3, -0.25) is 5.43 Å². The number of halogens is 1. The highest BCUT2D eigenvalue weighted by Crippen LogP contribution is 2.31. The molecule has 0 atom stereocenters. The van der Waals surface area contributed by atoms with Gasteiger partial charge in [0.25, 0.3) is 0 Å². The molecule has 1 heterocycles. The summed E-state index contributed by atoms with van der Waals surface area (Å²) in [5.74, 6) is 0.481. The van der Waals surface area contributed by atoms with Crippen LogP contribution in [0.15, 0.2) is 59.0 Å². The second-order valence-electron chi connectivity index (χ2n) is 4.66. The molecule has 6 heteroatoms. The van der Waals surface area contributed by atoms with Crippen molar-refractivity contribution in [3.8, 4) is 17.0 Å². The molecule has 116 valence electrons. The Bertz CT molecular complexity index is 832. The van der Waals surface area contributed by atoms with E-state index in [1.165, 1.54) is 23.5 Å². The van der Waals surface area contributed by atoms with Crippen LogP contribution in [0, 0.1) is 5.82 Å². The molecule has 4 nitrogen and oxygen atoms in total. The van der Waals surface area contributed by atoms with Gasteiger partial charge >= 0.3 is 0 Å². The summed E-state index contributed by atoms with van der Waals surface area (Å²) in [4.78, 5) is 4.48. The van der Waals surface area contributed by atoms with Gasteiger partial charge in [0.1, 0.15) is 11.6 Å². The van der Waals surface area contributed by atoms with Gasteiger partial charge in [0.05, 0.1) is 19.0 Å². The number of benzene rings is 2. The van der Waals surface area contributed by atoms with Gasteiger partial charge in [-0.15, -0.1) is 11.3 Å². The van der Waals surface area contributed by atoms with E-state index in [-0.39, 0.29) is 5.82 Å². The van der Waals surface area contributed by atoms with Gasteiger partial charge in [0.15, 0.2) is 0 Å². The Morgan fingerprint density at radius 1 is 1.22 bits per heavy atom. The van der Waals surface area contributed by atoms with Crippen molar-refractivity contribution in [3.63, 3.8) is 0 Å². The fourth-order valence-electron chi connectivity index (χ4n) is 2.05. The zero-order valence-corrected chi connectivity index (χ0v) is 13.2. The van der Waals surface area contributed by atoms with Crippen LogP contribution in [0.4, 0.5) is 9.52 Å². The highest BCUT2D eigenvalue weighted by atomic mass is 32.1. The molecule has 0 unspecified atom stereocenters. The summed E-state index contributed by atoms with van der Waals surface area (Å²) in [5.41, 5.74) is 5.27. The zero-order chi connectivity index (χ0) is 16.1. The first-order valence-corrected chi connectivity index (χ1v) is 7.78. The van der Waals surface area contributed by atoms with Gasteiger partial charge < -0.3 is 4.74 Å². The third kappa shape index (κ3) is 3.73. The van der Waals surface area contributed by atoms with Crippen LogP contribution >= 0.6 is 11.3 Å². The van der Waals surface area contributed by atoms with Crippen molar-refractivity contribution in [2.24, 2.45) is 5.10 Å². The molecule has 3 aromatic rings. The maximum Gasteiger partial charge on any atom is 0.203 e. The molecule has 0 radical (unpaired) electrons. The molecule has 1 aromatic heterocycles. The number of rotatable bonds is 5. The number of anilines is 1. The van der Waals surface area contributed by atoms with Crippen molar-refractivity contribution in [1.82, 2.24) is 4.98 Å². The molecule has 23 heavy (non-hydrogen) atoms. The van der Waals surface area contributed by atoms with E-state index in [0.717, 1.165) is 17.0 Å². The predicted molar refractivity (Wildman–Crippen MR) is 91.7 cm³/mol. The number of methoxy groups -OCH3 is 1. The van der Waals surface area contributed by atoms with Gasteiger partial charge in [0, 0.05) is 10.9 Å². The van der Waals surface area contributed by atoms with E-state index < -0.39 is 0 Å². The Hall–Kier alpha value is -2.73. The molecule has 0 bridgehead atoms. The topological polar surface area (TPSA) is 46.5 Å². The van der Waals surface area contributed by atoms with Gasteiger partial charge in [-0.2, -0.15) is 5.10 Å². The van der Waals surface area contributed by atoms with Gasteiger partial charge in [-0.25, -0.2) is 9.37 Å². The van der Waals surface area contributed by atoms with Crippen LogP contribution in [-0.4, -0.2) is 18.3 Å². The molecule has 0 fully saturated rings. The number of hydrogen-bond acceptors (Lipinski definition) is 5. The first kappa shape index (κ1) is 15.2. The molecule has 3 rings (SSSR count). The van der Waals surface area contributed by atoms with Gasteiger partial charge in [-0.1, -0.05) is 24.3 Å². The van der Waals surface area contributed by atoms with E-state index in [2.05, 4.69) is 15.5 Å². The lowest BCUT2D eigenvalue weighted by molar-refractivity contribution is 0.416. The average molecular weight is 327 g/mol. The average Bonchev–Trinajstić information content (AvgIpc) is 3.03. The van der Waals surface area contributed by atoms with Gasteiger partial charge in [-0.05, 0) is 29.8 Å². The van der Waals surface area contributed by atoms with Crippen LogP contribution in [0.25, 0.3) is 11.3 Å². The SMILES string of the molecule is COc1ccccc1-c1csc(N/N=C\c2cccc(F)c2)n1. The molecule has 0 amide bonds. The second kappa shape index (κ2) is 7.02. The number of nitrogens with one attached hydrogen (secondary N) is 1. The maximum absolute atomic E-state index is 13.1. The minimum atomic E-state index is -0.290. The first-order valence-electron chi connectivity index (χ1n) is 6.90. The van der Waals surface area contributed by atoms with E-state index in [1.54, 1.807) is 25.5 Å². The van der Waals surface area contributed by atoms with Crippen LogP contribution in [0.1, 0.15) is 5.56 Å². The van der Waals surface area contributed by atoms with Crippen molar-refractivity contribution in [3.05, 3.63) is 65.3 Å². The Morgan fingerprint density at radius 3 is 2.91 bits per heavy atom. The molecule has 0 spiro atoms. The van der Waals surface area contributed by atoms with Crippen molar-refractivity contribution in [2.75, 3.05) is 12.5 Å². The third-order valence-electron chi connectivity index (χ3n) is 3.11. The predicted octanol–water partition coefficient (Wildman–Crippen LogP) is 4.40. The van der Waals surface area contributed by atoms with Crippen LogP contribution in [0.5, 0.6) is 5.75 Å². The summed E-state index contributed by atoms with van der Waals surface area (Å²) in [6.07, 6.45) is 1.55. The summed E-state index contributed by atoms with van der Waals surface area (Å²) >= 11 is 1.44. The van der Waals surface area contributed by atoms with Crippen molar-refractivity contribution in [2.45, 2.75) is 0 Å². The standard InChI is InChI=1S/C17H14FN3OS/c1-22-16-8-3-2-7-14(16)15-11-23-17(20-15)21-19-10-12-5-4-6-13(18)9-12/h2-11H,1H3,(H,20,21)/b19-10-. The normalized spacial score (nSPS) is 10.9. The summed E-state index contributed by atoms with van der Waals surface area (Å²) in [5, 5.41) is 6.66. The van der Waals surface area contributed by atoms with E-state index in [4.69, 9.17) is 4.74 Å². The Kier molecular flexibility index (Phi) is 4.63. The molecule has 1 N–H and O–H groups in total. The van der Waals surface area contributed by atoms with E-state index in [0.29, 0.717) is 10.7 Å². The van der Waals surface area contributed by atoms with E-state index in [1.807, 2.05) is 29.6 Å². The minimum Gasteiger partial charge on any atom is -0.496 e. The maximum atomic E-state index is 13.1. The minimum absolute atomic E-state index is 0.290. The number of thiazole rings is 1. The molecule has 2 aromatic carbocycles. The summed E-state index contributed by atoms with van der Waals surface area (Å²) in [6, 6.07) is 13.9. The van der Waals surface area contributed by atoms with Crippen molar-refractivity contribution >= 4 is 22.7 Å². The smallest absolute Gasteiger partial charge is 0.203 e. The Morgan fingerprint density at radius 2 is 2.09 bits per heavy atom. The summed E-state index contributed by atoms with van der Waals surface area (Å²) < 4.78 is 18.4. The van der Waals surface area contributed by atoms with Crippen molar-refractivity contribution in [1.29, 1.82) is 0 Å². The van der Waals surface area contributed by atoms with Crippen LogP contribution < -0.4 is 10.2 Å². The molecule has 0 saturated heterocycles. The monoisotopic (exact) mass is 327 g/mol. The van der Waals surface area contributed by atoms with Crippen LogP contribution in [0.2, 0.25) is 0 Å². The lowest BCUT2D eigenvalue weighted by Crippen LogP contribution is -1.91. The number of nitrogens with zero attached hydrogens (tertiary/aromatic N) is 2. The quantitative estimate of drug-likeness (QED) is 0.558. The van der Waals surface area contributed by atoms with E-state index in [9.17, 15) is 4.39 Å². The van der Waals surface area contributed by atoms with Crippen LogP contribution in [0.3, 0.4) is 0 Å². The molecule has 0 aliphatic heterocycles. The van der Waals surface area contributed by atoms with Gasteiger partial charge in [0.2, 0.25) is 5.13 Å². The largest absolute Gasteiger partial charge is 0.496 e. The highest BCUT2D eigenvalue weighted by Gasteiger charge is 2.08. The lowest BCUT2D eigenvalue weighted by Gasteiger charge is -2.04. The van der Waals surface area contributed by atoms with E-state index >= 15 is 0 Å². The summed E-state index contributed by atoms with van der Waals surface area (Å²) in [6.45, 7) is 0. The molecule has 0 aliphatic rings. The first-order chi connectivity index (χ1) is 11.3. The highest BCUT2D eigenvalue weighted by molar-refractivity contribution is 7.14. The number of para-hydroxylation sites is 1. The Labute approximate surface area is 137 Å². The third-order valence-corrected chi connectivity index (χ3v) is 3.86. The number of aromatic nitrogens is 1. The van der Waals surface area contributed by atoms with Crippen molar-refractivity contribution < 1.29 is 9.13 Å². The zero-order valence-electron chi connectivity index (χ0n) is 12.4. The molecular formula is C17H14FN3OS.